The number of hydrogen-bond donors (Lipinski definition) is 2. The molecule has 1 saturated heterocycles. The third-order valence-corrected chi connectivity index (χ3v) is 6.14. The molecule has 0 aliphatic carbocycles. The molecular weight excluding hydrogens is 342 g/mol. The van der Waals surface area contributed by atoms with Crippen molar-refractivity contribution < 1.29 is 9.69 Å². The molecule has 1 fully saturated rings. The minimum Gasteiger partial charge on any atom is -0.346 e. The van der Waals surface area contributed by atoms with Crippen molar-refractivity contribution in [3.8, 4) is 0 Å². The topological polar surface area (TPSA) is 64.2 Å². The van der Waals surface area contributed by atoms with Crippen molar-refractivity contribution in [3.63, 3.8) is 0 Å². The Bertz CT molecular complexity index is 670. The van der Waals surface area contributed by atoms with Crippen LogP contribution in [0.5, 0.6) is 0 Å². The summed E-state index contributed by atoms with van der Waals surface area (Å²) in [7, 11) is 2.03. The van der Waals surface area contributed by atoms with Gasteiger partial charge in [-0.05, 0) is 17.2 Å². The number of carbonyl (C=O) groups is 1. The zero-order chi connectivity index (χ0) is 16.9. The fourth-order valence-electron chi connectivity index (χ4n) is 3.19. The number of carbonyl (C=O) groups excluding carboxylic acids is 1. The lowest BCUT2D eigenvalue weighted by atomic mass is 10.2. The SMILES string of the molecule is CCSc1nnc([C@@H]2CCC[NH+]2CC(=O)NCc2cccs2)n1C. The number of nitrogens with zero attached hydrogens (tertiary/aromatic N) is 3. The van der Waals surface area contributed by atoms with E-state index >= 15 is 0 Å². The fourth-order valence-corrected chi connectivity index (χ4v) is 4.48. The molecule has 130 valence electrons. The van der Waals surface area contributed by atoms with Gasteiger partial charge in [-0.15, -0.1) is 21.5 Å². The first-order valence-electron chi connectivity index (χ1n) is 8.34. The summed E-state index contributed by atoms with van der Waals surface area (Å²) in [5.74, 6) is 2.10. The second kappa shape index (κ2) is 8.13. The molecule has 8 heteroatoms. The number of amides is 1. The molecule has 0 spiro atoms. The number of rotatable bonds is 7. The van der Waals surface area contributed by atoms with Crippen LogP contribution in [-0.4, -0.2) is 39.5 Å². The summed E-state index contributed by atoms with van der Waals surface area (Å²) in [4.78, 5) is 14.8. The number of quaternary nitrogens is 1. The highest BCUT2D eigenvalue weighted by Gasteiger charge is 2.35. The monoisotopic (exact) mass is 366 g/mol. The Morgan fingerprint density at radius 2 is 2.42 bits per heavy atom. The predicted octanol–water partition coefficient (Wildman–Crippen LogP) is 1.02. The van der Waals surface area contributed by atoms with Gasteiger partial charge in [0.1, 0.15) is 6.04 Å². The van der Waals surface area contributed by atoms with E-state index in [0.717, 1.165) is 36.1 Å². The molecule has 0 radical (unpaired) electrons. The summed E-state index contributed by atoms with van der Waals surface area (Å²) < 4.78 is 2.09. The van der Waals surface area contributed by atoms with E-state index in [9.17, 15) is 4.79 Å². The normalized spacial score (nSPS) is 20.4. The lowest BCUT2D eigenvalue weighted by molar-refractivity contribution is -0.911. The van der Waals surface area contributed by atoms with Crippen LogP contribution in [0, 0.1) is 0 Å². The minimum atomic E-state index is 0.107. The van der Waals surface area contributed by atoms with Crippen molar-refractivity contribution in [2.24, 2.45) is 7.05 Å². The van der Waals surface area contributed by atoms with Gasteiger partial charge in [-0.2, -0.15) is 0 Å². The highest BCUT2D eigenvalue weighted by atomic mass is 32.2. The molecule has 1 aliphatic heterocycles. The number of thioether (sulfide) groups is 1. The molecule has 1 amide bonds. The van der Waals surface area contributed by atoms with Crippen molar-refractivity contribution in [2.75, 3.05) is 18.8 Å². The van der Waals surface area contributed by atoms with Crippen LogP contribution in [0.2, 0.25) is 0 Å². The Balaban J connectivity index is 1.60. The van der Waals surface area contributed by atoms with E-state index < -0.39 is 0 Å². The highest BCUT2D eigenvalue weighted by molar-refractivity contribution is 7.99. The van der Waals surface area contributed by atoms with E-state index in [4.69, 9.17) is 0 Å². The second-order valence-corrected chi connectivity index (χ2v) is 8.23. The molecule has 1 unspecified atom stereocenters. The first-order chi connectivity index (χ1) is 11.7. The van der Waals surface area contributed by atoms with Crippen LogP contribution in [0.25, 0.3) is 0 Å². The largest absolute Gasteiger partial charge is 0.346 e. The third kappa shape index (κ3) is 3.99. The predicted molar refractivity (Wildman–Crippen MR) is 96.2 cm³/mol. The van der Waals surface area contributed by atoms with Gasteiger partial charge in [0.05, 0.1) is 13.1 Å². The molecule has 24 heavy (non-hydrogen) atoms. The summed E-state index contributed by atoms with van der Waals surface area (Å²) in [5, 5.41) is 14.7. The Kier molecular flexibility index (Phi) is 5.91. The van der Waals surface area contributed by atoms with Gasteiger partial charge in [0.2, 0.25) is 0 Å². The van der Waals surface area contributed by atoms with Gasteiger partial charge in [-0.25, -0.2) is 0 Å². The summed E-state index contributed by atoms with van der Waals surface area (Å²) >= 11 is 3.37. The summed E-state index contributed by atoms with van der Waals surface area (Å²) in [6.07, 6.45) is 2.19. The lowest BCUT2D eigenvalue weighted by Gasteiger charge is -2.20. The van der Waals surface area contributed by atoms with Crippen LogP contribution in [0.1, 0.15) is 36.5 Å². The zero-order valence-electron chi connectivity index (χ0n) is 14.1. The number of likely N-dealkylation sites (tertiary alicyclic amines) is 1. The van der Waals surface area contributed by atoms with Gasteiger partial charge in [0.15, 0.2) is 17.5 Å². The first kappa shape index (κ1) is 17.4. The first-order valence-corrected chi connectivity index (χ1v) is 10.2. The number of nitrogens with one attached hydrogen (secondary N) is 2. The van der Waals surface area contributed by atoms with Crippen molar-refractivity contribution in [1.29, 1.82) is 0 Å². The van der Waals surface area contributed by atoms with E-state index in [2.05, 4.69) is 27.0 Å². The highest BCUT2D eigenvalue weighted by Crippen LogP contribution is 2.21. The average molecular weight is 367 g/mol. The maximum atomic E-state index is 12.3. The lowest BCUT2D eigenvalue weighted by Crippen LogP contribution is -3.11. The number of aromatic nitrogens is 3. The molecule has 2 N–H and O–H groups in total. The molecule has 0 bridgehead atoms. The summed E-state index contributed by atoms with van der Waals surface area (Å²) in [6.45, 7) is 4.25. The molecule has 6 nitrogen and oxygen atoms in total. The van der Waals surface area contributed by atoms with Gasteiger partial charge in [0, 0.05) is 24.8 Å². The van der Waals surface area contributed by atoms with Gasteiger partial charge >= 0.3 is 0 Å². The van der Waals surface area contributed by atoms with Crippen LogP contribution in [0.15, 0.2) is 22.7 Å². The third-order valence-electron chi connectivity index (χ3n) is 4.36. The molecule has 1 aliphatic rings. The molecule has 2 aromatic heterocycles. The fraction of sp³-hybridized carbons (Fsp3) is 0.562. The maximum Gasteiger partial charge on any atom is 0.275 e. The molecular formula is C16H24N5OS2+. The summed E-state index contributed by atoms with van der Waals surface area (Å²) in [5.41, 5.74) is 0. The van der Waals surface area contributed by atoms with Gasteiger partial charge in [-0.1, -0.05) is 24.8 Å². The van der Waals surface area contributed by atoms with Crippen LogP contribution in [0.3, 0.4) is 0 Å². The Morgan fingerprint density at radius 3 is 3.17 bits per heavy atom. The molecule has 3 rings (SSSR count). The van der Waals surface area contributed by atoms with E-state index in [-0.39, 0.29) is 11.9 Å². The van der Waals surface area contributed by atoms with Gasteiger partial charge in [0.25, 0.3) is 5.91 Å². The molecule has 0 aromatic carbocycles. The van der Waals surface area contributed by atoms with E-state index in [1.54, 1.807) is 23.1 Å². The van der Waals surface area contributed by atoms with Crippen molar-refractivity contribution in [2.45, 2.75) is 37.5 Å². The van der Waals surface area contributed by atoms with E-state index in [1.807, 2.05) is 24.6 Å². The van der Waals surface area contributed by atoms with E-state index in [1.165, 1.54) is 9.78 Å². The molecule has 3 heterocycles. The van der Waals surface area contributed by atoms with Crippen molar-refractivity contribution >= 4 is 29.0 Å². The molecule has 0 saturated carbocycles. The Morgan fingerprint density at radius 1 is 1.54 bits per heavy atom. The van der Waals surface area contributed by atoms with Gasteiger partial charge < -0.3 is 14.8 Å². The molecule has 2 atom stereocenters. The smallest absolute Gasteiger partial charge is 0.275 e. The van der Waals surface area contributed by atoms with Gasteiger partial charge in [-0.3, -0.25) is 4.79 Å². The second-order valence-electron chi connectivity index (χ2n) is 5.97. The van der Waals surface area contributed by atoms with E-state index in [0.29, 0.717) is 13.1 Å². The standard InChI is InChI=1S/C16H23N5OS2/c1-3-23-16-19-18-15(20(16)2)13-7-4-8-21(13)11-14(22)17-10-12-6-5-9-24-12/h5-6,9,13H,3-4,7-8,10-11H2,1-2H3,(H,17,22)/p+1/t13-/m0/s1. The summed E-state index contributed by atoms with van der Waals surface area (Å²) in [6, 6.07) is 4.32. The number of thiophene rings is 1. The Labute approximate surface area is 150 Å². The van der Waals surface area contributed by atoms with Crippen molar-refractivity contribution in [1.82, 2.24) is 20.1 Å². The van der Waals surface area contributed by atoms with Crippen LogP contribution in [-0.2, 0) is 18.4 Å². The minimum absolute atomic E-state index is 0.107. The van der Waals surface area contributed by atoms with Crippen LogP contribution in [0.4, 0.5) is 0 Å². The quantitative estimate of drug-likeness (QED) is 0.719. The van der Waals surface area contributed by atoms with Crippen LogP contribution < -0.4 is 10.2 Å². The molecule has 2 aromatic rings. The van der Waals surface area contributed by atoms with Crippen molar-refractivity contribution in [3.05, 3.63) is 28.2 Å². The Hall–Kier alpha value is -1.38. The zero-order valence-corrected chi connectivity index (χ0v) is 15.8. The number of hydrogen-bond acceptors (Lipinski definition) is 5. The average Bonchev–Trinajstić information content (AvgIpc) is 3.29. The van der Waals surface area contributed by atoms with Crippen LogP contribution >= 0.6 is 23.1 Å². The maximum absolute atomic E-state index is 12.3.